The lowest BCUT2D eigenvalue weighted by Crippen LogP contribution is -2.58. The second kappa shape index (κ2) is 8.55. The van der Waals surface area contributed by atoms with Crippen molar-refractivity contribution in [3.05, 3.63) is 108 Å². The molecule has 0 saturated heterocycles. The van der Waals surface area contributed by atoms with Gasteiger partial charge in [-0.1, -0.05) is 54.7 Å². The fraction of sp³-hybridized carbons (Fsp3) is 0.300. The van der Waals surface area contributed by atoms with Gasteiger partial charge in [0.25, 0.3) is 0 Å². The Hall–Kier alpha value is -3.33. The van der Waals surface area contributed by atoms with Gasteiger partial charge in [-0.2, -0.15) is 0 Å². The van der Waals surface area contributed by atoms with Crippen LogP contribution in [0.5, 0.6) is 0 Å². The lowest BCUT2D eigenvalue weighted by Gasteiger charge is -2.53. The van der Waals surface area contributed by atoms with Crippen molar-refractivity contribution in [1.82, 2.24) is 9.88 Å². The number of anilines is 1. The molecule has 166 valence electrons. The Morgan fingerprint density at radius 1 is 0.909 bits per heavy atom. The topological polar surface area (TPSA) is 19.4 Å². The third kappa shape index (κ3) is 3.66. The number of hydrogen-bond donors (Lipinski definition) is 0. The second-order valence-corrected chi connectivity index (χ2v) is 9.48. The van der Waals surface area contributed by atoms with E-state index in [-0.39, 0.29) is 0 Å². The van der Waals surface area contributed by atoms with Crippen LogP contribution >= 0.6 is 0 Å². The Morgan fingerprint density at radius 3 is 2.64 bits per heavy atom. The quantitative estimate of drug-likeness (QED) is 0.501. The van der Waals surface area contributed by atoms with Crippen LogP contribution in [0.2, 0.25) is 0 Å². The van der Waals surface area contributed by atoms with Gasteiger partial charge in [0.2, 0.25) is 0 Å². The van der Waals surface area contributed by atoms with Crippen LogP contribution < -0.4 is 4.90 Å². The number of rotatable bonds is 3. The van der Waals surface area contributed by atoms with E-state index in [9.17, 15) is 0 Å². The molecule has 6 rings (SSSR count). The summed E-state index contributed by atoms with van der Waals surface area (Å²) in [6.07, 6.45) is 26.4. The molecule has 1 aromatic carbocycles. The molecule has 1 aliphatic heterocycles. The van der Waals surface area contributed by atoms with E-state index in [0.29, 0.717) is 18.1 Å². The Labute approximate surface area is 197 Å². The monoisotopic (exact) mass is 433 g/mol. The number of hydrogen-bond acceptors (Lipinski definition) is 3. The summed E-state index contributed by atoms with van der Waals surface area (Å²) in [5.74, 6) is 0. The molecule has 3 aliphatic carbocycles. The summed E-state index contributed by atoms with van der Waals surface area (Å²) in [5, 5.41) is 0. The summed E-state index contributed by atoms with van der Waals surface area (Å²) in [5.41, 5.74) is 7.70. The third-order valence-electron chi connectivity index (χ3n) is 7.37. The van der Waals surface area contributed by atoms with Crippen molar-refractivity contribution in [3.8, 4) is 11.1 Å². The molecule has 2 aromatic rings. The molecule has 33 heavy (non-hydrogen) atoms. The van der Waals surface area contributed by atoms with E-state index in [1.807, 2.05) is 6.20 Å². The van der Waals surface area contributed by atoms with Crippen LogP contribution in [0.1, 0.15) is 37.8 Å². The molecule has 3 atom stereocenters. The van der Waals surface area contributed by atoms with Crippen LogP contribution in [-0.4, -0.2) is 28.0 Å². The first-order valence-corrected chi connectivity index (χ1v) is 12.3. The van der Waals surface area contributed by atoms with Crippen LogP contribution in [0.4, 0.5) is 5.69 Å². The van der Waals surface area contributed by atoms with E-state index >= 15 is 0 Å². The van der Waals surface area contributed by atoms with Gasteiger partial charge >= 0.3 is 0 Å². The summed E-state index contributed by atoms with van der Waals surface area (Å²) in [6, 6.07) is 14.6. The number of pyridine rings is 1. The number of nitrogens with zero attached hydrogens (tertiary/aromatic N) is 3. The van der Waals surface area contributed by atoms with E-state index in [2.05, 4.69) is 107 Å². The van der Waals surface area contributed by atoms with Gasteiger partial charge in [-0.3, -0.25) is 4.98 Å². The van der Waals surface area contributed by atoms with Gasteiger partial charge in [-0.05, 0) is 80.5 Å². The Kier molecular flexibility index (Phi) is 5.26. The minimum atomic E-state index is 0.306. The molecule has 0 N–H and O–H groups in total. The molecule has 3 heteroatoms. The van der Waals surface area contributed by atoms with Crippen molar-refractivity contribution < 1.29 is 0 Å². The average Bonchev–Trinajstić information content (AvgIpc) is 2.88. The van der Waals surface area contributed by atoms with Gasteiger partial charge in [-0.25, -0.2) is 0 Å². The lowest BCUT2D eigenvalue weighted by molar-refractivity contribution is 0.177. The minimum Gasteiger partial charge on any atom is -0.358 e. The Balaban J connectivity index is 1.47. The minimum absolute atomic E-state index is 0.306. The molecular weight excluding hydrogens is 402 g/mol. The summed E-state index contributed by atoms with van der Waals surface area (Å²) in [4.78, 5) is 9.75. The maximum Gasteiger partial charge on any atom is 0.0763 e. The van der Waals surface area contributed by atoms with Gasteiger partial charge in [-0.15, -0.1) is 0 Å². The molecule has 0 amide bonds. The summed E-state index contributed by atoms with van der Waals surface area (Å²) >= 11 is 0. The van der Waals surface area contributed by atoms with Crippen molar-refractivity contribution in [2.75, 3.05) is 4.90 Å². The first-order chi connectivity index (χ1) is 16.3. The van der Waals surface area contributed by atoms with Gasteiger partial charge in [0, 0.05) is 29.3 Å². The average molecular weight is 434 g/mol. The maximum absolute atomic E-state index is 4.39. The van der Waals surface area contributed by atoms with Crippen molar-refractivity contribution in [2.45, 2.75) is 57.2 Å². The largest absolute Gasteiger partial charge is 0.358 e. The van der Waals surface area contributed by atoms with Crippen LogP contribution in [0.25, 0.3) is 11.1 Å². The van der Waals surface area contributed by atoms with E-state index in [1.165, 1.54) is 41.1 Å². The van der Waals surface area contributed by atoms with Gasteiger partial charge in [0.05, 0.1) is 17.8 Å². The van der Waals surface area contributed by atoms with Crippen molar-refractivity contribution >= 4 is 5.69 Å². The number of fused-ring (bicyclic) bond motifs is 1. The summed E-state index contributed by atoms with van der Waals surface area (Å²) in [7, 11) is 0. The lowest BCUT2D eigenvalue weighted by atomic mass is 9.87. The third-order valence-corrected chi connectivity index (χ3v) is 7.37. The number of benzene rings is 1. The SMILES string of the molecule is Cc1cc(-c2cccc(N3C4=C(C=CCC4)N(C4CC=CCC4)C4C=CC=CC43)c2)ccn1. The van der Waals surface area contributed by atoms with Crippen LogP contribution in [-0.2, 0) is 0 Å². The van der Waals surface area contributed by atoms with E-state index in [0.717, 1.165) is 25.0 Å². The molecule has 1 aromatic heterocycles. The standard InChI is InChI=1S/C30H31N3/c1-22-20-24(18-19-31-22)23-10-9-13-26(21-23)33-29-16-7-5-14-27(29)32(25-11-3-2-4-12-25)28-15-6-8-17-30(28)33/h2-3,5-7,9-10,13-16,18-21,25,27,29H,4,8,11-12,17H2,1H3. The Morgan fingerprint density at radius 2 is 1.79 bits per heavy atom. The highest BCUT2D eigenvalue weighted by molar-refractivity contribution is 5.71. The molecule has 3 unspecified atom stereocenters. The highest BCUT2D eigenvalue weighted by atomic mass is 15.3. The second-order valence-electron chi connectivity index (χ2n) is 9.48. The smallest absolute Gasteiger partial charge is 0.0763 e. The molecule has 0 spiro atoms. The van der Waals surface area contributed by atoms with Crippen LogP contribution in [0.3, 0.4) is 0 Å². The van der Waals surface area contributed by atoms with E-state index < -0.39 is 0 Å². The van der Waals surface area contributed by atoms with Gasteiger partial charge in [0.1, 0.15) is 0 Å². The molecule has 3 nitrogen and oxygen atoms in total. The van der Waals surface area contributed by atoms with E-state index in [4.69, 9.17) is 0 Å². The first kappa shape index (κ1) is 20.3. The molecule has 0 bridgehead atoms. The zero-order valence-corrected chi connectivity index (χ0v) is 19.3. The fourth-order valence-corrected chi connectivity index (χ4v) is 5.90. The highest BCUT2D eigenvalue weighted by Crippen LogP contribution is 2.43. The molecule has 0 saturated carbocycles. The normalized spacial score (nSPS) is 25.9. The van der Waals surface area contributed by atoms with Gasteiger partial charge in [0.15, 0.2) is 0 Å². The number of allylic oxidation sites excluding steroid dienone is 6. The molecule has 0 radical (unpaired) electrons. The fourth-order valence-electron chi connectivity index (χ4n) is 5.90. The Bertz CT molecular complexity index is 1200. The zero-order chi connectivity index (χ0) is 22.2. The summed E-state index contributed by atoms with van der Waals surface area (Å²) in [6.45, 7) is 2.06. The van der Waals surface area contributed by atoms with Crippen molar-refractivity contribution in [3.63, 3.8) is 0 Å². The number of aryl methyl sites for hydroxylation is 1. The molecule has 2 heterocycles. The first-order valence-electron chi connectivity index (χ1n) is 12.3. The molecule has 0 fully saturated rings. The molecule has 4 aliphatic rings. The predicted molar refractivity (Wildman–Crippen MR) is 137 cm³/mol. The predicted octanol–water partition coefficient (Wildman–Crippen LogP) is 6.71. The maximum atomic E-state index is 4.39. The zero-order valence-electron chi connectivity index (χ0n) is 19.3. The molecular formula is C30H31N3. The van der Waals surface area contributed by atoms with E-state index in [1.54, 1.807) is 0 Å². The van der Waals surface area contributed by atoms with Crippen molar-refractivity contribution in [1.29, 1.82) is 0 Å². The summed E-state index contributed by atoms with van der Waals surface area (Å²) < 4.78 is 0. The number of aromatic nitrogens is 1. The van der Waals surface area contributed by atoms with Crippen LogP contribution in [0.15, 0.2) is 103 Å². The van der Waals surface area contributed by atoms with Gasteiger partial charge < -0.3 is 9.80 Å². The van der Waals surface area contributed by atoms with Crippen LogP contribution in [0, 0.1) is 6.92 Å². The van der Waals surface area contributed by atoms with Crippen molar-refractivity contribution in [2.24, 2.45) is 0 Å². The highest BCUT2D eigenvalue weighted by Gasteiger charge is 2.42.